The minimum absolute atomic E-state index is 0.122. The van der Waals surface area contributed by atoms with Crippen LogP contribution >= 0.6 is 0 Å². The predicted molar refractivity (Wildman–Crippen MR) is 76.7 cm³/mol. The number of hydrogen-bond donors (Lipinski definition) is 1. The van der Waals surface area contributed by atoms with E-state index in [4.69, 9.17) is 4.74 Å². The van der Waals surface area contributed by atoms with Crippen molar-refractivity contribution in [2.24, 2.45) is 0 Å². The number of unbranched alkanes of at least 4 members (excludes halogenated alkanes) is 2. The molecule has 0 aliphatic carbocycles. The first-order valence-electron chi connectivity index (χ1n) is 6.72. The number of methoxy groups -OCH3 is 1. The van der Waals surface area contributed by atoms with Crippen LogP contribution < -0.4 is 4.74 Å². The van der Waals surface area contributed by atoms with Crippen LogP contribution in [0, 0.1) is 0 Å². The number of phenols is 1. The Kier molecular flexibility index (Phi) is 6.72. The van der Waals surface area contributed by atoms with Crippen molar-refractivity contribution in [3.8, 4) is 11.5 Å². The molecule has 1 aromatic rings. The largest absolute Gasteiger partial charge is 0.504 e. The molecule has 0 unspecified atom stereocenters. The fourth-order valence-corrected chi connectivity index (χ4v) is 1.77. The highest BCUT2D eigenvalue weighted by Gasteiger charge is 2.04. The SMILES string of the molecule is CCCCC=CC(=O)CCc1ccc(O)c(OC)c1. The quantitative estimate of drug-likeness (QED) is 0.574. The molecule has 0 amide bonds. The van der Waals surface area contributed by atoms with E-state index in [1.54, 1.807) is 18.2 Å². The molecular weight excluding hydrogens is 240 g/mol. The van der Waals surface area contributed by atoms with Crippen LogP contribution in [-0.4, -0.2) is 18.0 Å². The molecule has 19 heavy (non-hydrogen) atoms. The molecule has 0 bridgehead atoms. The minimum atomic E-state index is 0.122. The topological polar surface area (TPSA) is 46.5 Å². The van der Waals surface area contributed by atoms with Gasteiger partial charge in [0.1, 0.15) is 0 Å². The first kappa shape index (κ1) is 15.3. The Bertz CT molecular complexity index is 436. The summed E-state index contributed by atoms with van der Waals surface area (Å²) in [7, 11) is 1.51. The van der Waals surface area contributed by atoms with Gasteiger partial charge >= 0.3 is 0 Å². The van der Waals surface area contributed by atoms with Crippen molar-refractivity contribution in [2.75, 3.05) is 7.11 Å². The van der Waals surface area contributed by atoms with Gasteiger partial charge in [-0.2, -0.15) is 0 Å². The second-order valence-electron chi connectivity index (χ2n) is 4.52. The smallest absolute Gasteiger partial charge is 0.160 e. The van der Waals surface area contributed by atoms with E-state index in [-0.39, 0.29) is 11.5 Å². The molecule has 0 saturated heterocycles. The number of ether oxygens (including phenoxy) is 1. The molecule has 0 spiro atoms. The third kappa shape index (κ3) is 5.60. The van der Waals surface area contributed by atoms with Crippen LogP contribution in [0.5, 0.6) is 11.5 Å². The van der Waals surface area contributed by atoms with Crippen LogP contribution in [0.2, 0.25) is 0 Å². The Labute approximate surface area is 114 Å². The summed E-state index contributed by atoms with van der Waals surface area (Å²) in [5.41, 5.74) is 0.991. The summed E-state index contributed by atoms with van der Waals surface area (Å²) < 4.78 is 5.04. The van der Waals surface area contributed by atoms with Gasteiger partial charge in [-0.1, -0.05) is 31.9 Å². The molecule has 0 aliphatic heterocycles. The molecule has 0 saturated carbocycles. The number of carbonyl (C=O) groups excluding carboxylic acids is 1. The van der Waals surface area contributed by atoms with Crippen LogP contribution in [0.15, 0.2) is 30.4 Å². The summed E-state index contributed by atoms with van der Waals surface area (Å²) >= 11 is 0. The lowest BCUT2D eigenvalue weighted by molar-refractivity contribution is -0.114. The Morgan fingerprint density at radius 1 is 1.42 bits per heavy atom. The monoisotopic (exact) mass is 262 g/mol. The van der Waals surface area contributed by atoms with Crippen molar-refractivity contribution in [1.82, 2.24) is 0 Å². The van der Waals surface area contributed by atoms with Gasteiger partial charge in [-0.25, -0.2) is 0 Å². The minimum Gasteiger partial charge on any atom is -0.504 e. The number of aryl methyl sites for hydroxylation is 1. The lowest BCUT2D eigenvalue weighted by Crippen LogP contribution is -1.96. The van der Waals surface area contributed by atoms with E-state index in [0.717, 1.165) is 24.8 Å². The highest BCUT2D eigenvalue weighted by Crippen LogP contribution is 2.26. The van der Waals surface area contributed by atoms with Gasteiger partial charge in [0, 0.05) is 6.42 Å². The maximum atomic E-state index is 11.6. The second kappa shape index (κ2) is 8.35. The molecule has 1 N–H and O–H groups in total. The number of hydrogen-bond acceptors (Lipinski definition) is 3. The lowest BCUT2D eigenvalue weighted by Gasteiger charge is -2.05. The predicted octanol–water partition coefficient (Wildman–Crippen LogP) is 3.65. The van der Waals surface area contributed by atoms with E-state index in [1.165, 1.54) is 7.11 Å². The molecular formula is C16H22O3. The maximum Gasteiger partial charge on any atom is 0.160 e. The molecule has 3 heteroatoms. The molecule has 0 fully saturated rings. The van der Waals surface area contributed by atoms with Gasteiger partial charge < -0.3 is 9.84 Å². The third-order valence-corrected chi connectivity index (χ3v) is 2.93. The van der Waals surface area contributed by atoms with Crippen molar-refractivity contribution < 1.29 is 14.6 Å². The van der Waals surface area contributed by atoms with Crippen molar-refractivity contribution in [1.29, 1.82) is 0 Å². The number of benzene rings is 1. The second-order valence-corrected chi connectivity index (χ2v) is 4.52. The molecule has 1 aromatic carbocycles. The highest BCUT2D eigenvalue weighted by molar-refractivity contribution is 5.89. The maximum absolute atomic E-state index is 11.6. The Balaban J connectivity index is 2.44. The van der Waals surface area contributed by atoms with Crippen LogP contribution in [0.1, 0.15) is 38.2 Å². The summed E-state index contributed by atoms with van der Waals surface area (Å²) in [4.78, 5) is 11.6. The summed E-state index contributed by atoms with van der Waals surface area (Å²) in [5, 5.41) is 9.48. The zero-order valence-electron chi connectivity index (χ0n) is 11.7. The van der Waals surface area contributed by atoms with Gasteiger partial charge in [0.05, 0.1) is 7.11 Å². The number of carbonyl (C=O) groups is 1. The first-order chi connectivity index (χ1) is 9.17. The average Bonchev–Trinajstić information content (AvgIpc) is 2.42. The highest BCUT2D eigenvalue weighted by atomic mass is 16.5. The van der Waals surface area contributed by atoms with Gasteiger partial charge in [-0.3, -0.25) is 4.79 Å². The van der Waals surface area contributed by atoms with E-state index in [0.29, 0.717) is 18.6 Å². The van der Waals surface area contributed by atoms with Crippen molar-refractivity contribution in [3.63, 3.8) is 0 Å². The number of ketones is 1. The fraction of sp³-hybridized carbons (Fsp3) is 0.438. The van der Waals surface area contributed by atoms with E-state index in [1.807, 2.05) is 12.1 Å². The standard InChI is InChI=1S/C16H22O3/c1-3-4-5-6-7-14(17)10-8-13-9-11-15(18)16(12-13)19-2/h6-7,9,11-12,18H,3-5,8,10H2,1-2H3. The lowest BCUT2D eigenvalue weighted by atomic mass is 10.1. The summed E-state index contributed by atoms with van der Waals surface area (Å²) in [6.45, 7) is 2.13. The van der Waals surface area contributed by atoms with E-state index >= 15 is 0 Å². The molecule has 0 atom stereocenters. The van der Waals surface area contributed by atoms with Crippen molar-refractivity contribution >= 4 is 5.78 Å². The van der Waals surface area contributed by atoms with E-state index in [9.17, 15) is 9.90 Å². The number of rotatable bonds is 8. The summed E-state index contributed by atoms with van der Waals surface area (Å²) in [6.07, 6.45) is 8.00. The number of allylic oxidation sites excluding steroid dienone is 2. The Morgan fingerprint density at radius 2 is 2.21 bits per heavy atom. The van der Waals surface area contributed by atoms with Gasteiger partial charge in [0.2, 0.25) is 0 Å². The molecule has 0 radical (unpaired) electrons. The van der Waals surface area contributed by atoms with Crippen molar-refractivity contribution in [2.45, 2.75) is 39.0 Å². The molecule has 1 rings (SSSR count). The van der Waals surface area contributed by atoms with Gasteiger partial charge in [0.25, 0.3) is 0 Å². The average molecular weight is 262 g/mol. The summed E-state index contributed by atoms with van der Waals surface area (Å²) in [6, 6.07) is 5.17. The number of phenolic OH excluding ortho intramolecular Hbond substituents is 1. The van der Waals surface area contributed by atoms with Crippen LogP contribution in [0.4, 0.5) is 0 Å². The zero-order valence-corrected chi connectivity index (χ0v) is 11.7. The molecule has 0 heterocycles. The van der Waals surface area contributed by atoms with Gasteiger partial charge in [0.15, 0.2) is 17.3 Å². The van der Waals surface area contributed by atoms with Crippen LogP contribution in [0.3, 0.4) is 0 Å². The summed E-state index contributed by atoms with van der Waals surface area (Å²) in [5.74, 6) is 0.712. The molecule has 3 nitrogen and oxygen atoms in total. The Hall–Kier alpha value is -1.77. The van der Waals surface area contributed by atoms with Gasteiger partial charge in [-0.15, -0.1) is 0 Å². The molecule has 104 valence electrons. The first-order valence-corrected chi connectivity index (χ1v) is 6.72. The van der Waals surface area contributed by atoms with Gasteiger partial charge in [-0.05, 0) is 36.6 Å². The van der Waals surface area contributed by atoms with E-state index < -0.39 is 0 Å². The van der Waals surface area contributed by atoms with E-state index in [2.05, 4.69) is 6.92 Å². The fourth-order valence-electron chi connectivity index (χ4n) is 1.77. The Morgan fingerprint density at radius 3 is 2.89 bits per heavy atom. The number of aromatic hydroxyl groups is 1. The van der Waals surface area contributed by atoms with Crippen LogP contribution in [0.25, 0.3) is 0 Å². The molecule has 0 aromatic heterocycles. The molecule has 0 aliphatic rings. The van der Waals surface area contributed by atoms with Crippen molar-refractivity contribution in [3.05, 3.63) is 35.9 Å². The third-order valence-electron chi connectivity index (χ3n) is 2.93. The zero-order chi connectivity index (χ0) is 14.1. The normalized spacial score (nSPS) is 10.8. The van der Waals surface area contributed by atoms with Crippen LogP contribution in [-0.2, 0) is 11.2 Å².